The first-order chi connectivity index (χ1) is 11.0. The second-order valence-electron chi connectivity index (χ2n) is 5.41. The van der Waals surface area contributed by atoms with Crippen LogP contribution in [0.15, 0.2) is 23.1 Å². The highest BCUT2D eigenvalue weighted by Gasteiger charge is 2.26. The molecule has 126 valence electrons. The number of nitrogens with one attached hydrogen (secondary N) is 1. The van der Waals surface area contributed by atoms with E-state index in [0.717, 1.165) is 10.5 Å². The lowest BCUT2D eigenvalue weighted by Crippen LogP contribution is -2.52. The summed E-state index contributed by atoms with van der Waals surface area (Å²) in [5.41, 5.74) is 1.01. The number of halogens is 1. The molecule has 1 unspecified atom stereocenters. The molecule has 2 rings (SSSR count). The van der Waals surface area contributed by atoms with Crippen molar-refractivity contribution in [3.63, 3.8) is 0 Å². The molecule has 1 aromatic carbocycles. The average Bonchev–Trinajstić information content (AvgIpc) is 2.54. The van der Waals surface area contributed by atoms with Gasteiger partial charge in [-0.25, -0.2) is 0 Å². The predicted octanol–water partition coefficient (Wildman–Crippen LogP) is 2.10. The van der Waals surface area contributed by atoms with Crippen molar-refractivity contribution in [3.8, 4) is 0 Å². The second-order valence-corrected chi connectivity index (χ2v) is 6.91. The predicted molar refractivity (Wildman–Crippen MR) is 91.9 cm³/mol. The molecule has 1 saturated heterocycles. The maximum Gasteiger partial charge on any atom is 0.246 e. The Morgan fingerprint density at radius 3 is 2.70 bits per heavy atom. The highest BCUT2D eigenvalue weighted by Crippen LogP contribution is 2.25. The van der Waals surface area contributed by atoms with Gasteiger partial charge >= 0.3 is 0 Å². The summed E-state index contributed by atoms with van der Waals surface area (Å²) in [6.45, 7) is 5.58. The number of amides is 2. The van der Waals surface area contributed by atoms with E-state index in [2.05, 4.69) is 5.32 Å². The van der Waals surface area contributed by atoms with Gasteiger partial charge in [-0.2, -0.15) is 0 Å². The van der Waals surface area contributed by atoms with Crippen molar-refractivity contribution in [2.24, 2.45) is 0 Å². The zero-order valence-corrected chi connectivity index (χ0v) is 14.9. The quantitative estimate of drug-likeness (QED) is 0.821. The molecule has 0 spiro atoms. The summed E-state index contributed by atoms with van der Waals surface area (Å²) < 4.78 is 5.26. The Kier molecular flexibility index (Phi) is 6.74. The number of hydrogen-bond acceptors (Lipinski definition) is 4. The van der Waals surface area contributed by atoms with E-state index in [0.29, 0.717) is 37.1 Å². The summed E-state index contributed by atoms with van der Waals surface area (Å²) in [5, 5.41) is 3.45. The summed E-state index contributed by atoms with van der Waals surface area (Å²) in [4.78, 5) is 26.7. The number of carbonyl (C=O) groups excluding carboxylic acids is 2. The number of hydrogen-bond donors (Lipinski definition) is 1. The maximum absolute atomic E-state index is 12.6. The van der Waals surface area contributed by atoms with Crippen LogP contribution in [0.1, 0.15) is 12.5 Å². The van der Waals surface area contributed by atoms with Crippen LogP contribution in [-0.4, -0.2) is 54.8 Å². The fraction of sp³-hybridized carbons (Fsp3) is 0.500. The van der Waals surface area contributed by atoms with Crippen molar-refractivity contribution in [1.82, 2.24) is 10.2 Å². The highest BCUT2D eigenvalue weighted by molar-refractivity contribution is 7.99. The van der Waals surface area contributed by atoms with Crippen molar-refractivity contribution < 1.29 is 14.3 Å². The SMILES string of the molecule is CC(=O)NC(CSc1ccc(C)c(Cl)c1)C(=O)N1CCOCC1. The molecular formula is C16H21ClN2O3S. The van der Waals surface area contributed by atoms with Gasteiger partial charge in [0.2, 0.25) is 11.8 Å². The molecule has 0 radical (unpaired) electrons. The number of nitrogens with zero attached hydrogens (tertiary/aromatic N) is 1. The minimum atomic E-state index is -0.546. The minimum absolute atomic E-state index is 0.0609. The lowest BCUT2D eigenvalue weighted by atomic mass is 10.2. The third-order valence-corrected chi connectivity index (χ3v) is 5.05. The molecule has 1 aliphatic heterocycles. The molecule has 7 heteroatoms. The Labute approximate surface area is 145 Å². The van der Waals surface area contributed by atoms with Gasteiger partial charge in [0.1, 0.15) is 6.04 Å². The monoisotopic (exact) mass is 356 g/mol. The number of morpholine rings is 1. The van der Waals surface area contributed by atoms with Crippen molar-refractivity contribution in [2.75, 3.05) is 32.1 Å². The van der Waals surface area contributed by atoms with Crippen LogP contribution in [0.2, 0.25) is 5.02 Å². The van der Waals surface area contributed by atoms with Crippen LogP contribution in [-0.2, 0) is 14.3 Å². The third-order valence-electron chi connectivity index (χ3n) is 3.56. The Balaban J connectivity index is 2.01. The molecule has 0 bridgehead atoms. The summed E-state index contributed by atoms with van der Waals surface area (Å²) in [6.07, 6.45) is 0. The van der Waals surface area contributed by atoms with Crippen LogP contribution in [0, 0.1) is 6.92 Å². The van der Waals surface area contributed by atoms with Crippen LogP contribution in [0.3, 0.4) is 0 Å². The summed E-state index contributed by atoms with van der Waals surface area (Å²) in [7, 11) is 0. The smallest absolute Gasteiger partial charge is 0.246 e. The van der Waals surface area contributed by atoms with Gasteiger partial charge in [0.25, 0.3) is 0 Å². The molecular weight excluding hydrogens is 336 g/mol. The van der Waals surface area contributed by atoms with Gasteiger partial charge in [-0.05, 0) is 24.6 Å². The summed E-state index contributed by atoms with van der Waals surface area (Å²) in [5.74, 6) is 0.197. The summed E-state index contributed by atoms with van der Waals surface area (Å²) >= 11 is 7.63. The number of benzene rings is 1. The molecule has 5 nitrogen and oxygen atoms in total. The third kappa shape index (κ3) is 5.41. The van der Waals surface area contributed by atoms with E-state index in [9.17, 15) is 9.59 Å². The van der Waals surface area contributed by atoms with Gasteiger partial charge in [-0.1, -0.05) is 17.7 Å². The summed E-state index contributed by atoms with van der Waals surface area (Å²) in [6, 6.07) is 5.25. The molecule has 0 saturated carbocycles. The molecule has 0 aliphatic carbocycles. The van der Waals surface area contributed by atoms with Crippen molar-refractivity contribution in [3.05, 3.63) is 28.8 Å². The molecule has 1 aromatic rings. The van der Waals surface area contributed by atoms with E-state index in [4.69, 9.17) is 16.3 Å². The minimum Gasteiger partial charge on any atom is -0.378 e. The van der Waals surface area contributed by atoms with E-state index in [1.54, 1.807) is 4.90 Å². The fourth-order valence-corrected chi connectivity index (χ4v) is 3.46. The molecule has 2 amide bonds. The van der Waals surface area contributed by atoms with E-state index < -0.39 is 6.04 Å². The normalized spacial score (nSPS) is 16.0. The average molecular weight is 357 g/mol. The van der Waals surface area contributed by atoms with E-state index in [1.807, 2.05) is 25.1 Å². The van der Waals surface area contributed by atoms with Gasteiger partial charge in [0.15, 0.2) is 0 Å². The number of aryl methyl sites for hydroxylation is 1. The van der Waals surface area contributed by atoms with Crippen LogP contribution in [0.4, 0.5) is 0 Å². The van der Waals surface area contributed by atoms with Gasteiger partial charge < -0.3 is 15.0 Å². The first kappa shape index (κ1) is 18.1. The first-order valence-corrected chi connectivity index (χ1v) is 8.86. The second kappa shape index (κ2) is 8.57. The van der Waals surface area contributed by atoms with Gasteiger partial charge in [0.05, 0.1) is 13.2 Å². The van der Waals surface area contributed by atoms with E-state index in [-0.39, 0.29) is 11.8 Å². The lowest BCUT2D eigenvalue weighted by molar-refractivity contribution is -0.138. The van der Waals surface area contributed by atoms with Crippen LogP contribution < -0.4 is 5.32 Å². The van der Waals surface area contributed by atoms with Gasteiger partial charge in [-0.3, -0.25) is 9.59 Å². The Morgan fingerprint density at radius 1 is 1.39 bits per heavy atom. The number of rotatable bonds is 5. The maximum atomic E-state index is 12.6. The molecule has 1 atom stereocenters. The Bertz CT molecular complexity index is 576. The van der Waals surface area contributed by atoms with E-state index >= 15 is 0 Å². The molecule has 1 N–H and O–H groups in total. The van der Waals surface area contributed by atoms with Crippen LogP contribution in [0.25, 0.3) is 0 Å². The Morgan fingerprint density at radius 2 is 2.09 bits per heavy atom. The van der Waals surface area contributed by atoms with Crippen molar-refractivity contribution >= 4 is 35.2 Å². The topological polar surface area (TPSA) is 58.6 Å². The Hall–Kier alpha value is -1.24. The lowest BCUT2D eigenvalue weighted by Gasteiger charge is -2.30. The highest BCUT2D eigenvalue weighted by atomic mass is 35.5. The largest absolute Gasteiger partial charge is 0.378 e. The molecule has 1 heterocycles. The number of ether oxygens (including phenoxy) is 1. The standard InChI is InChI=1S/C16H21ClN2O3S/c1-11-3-4-13(9-14(11)17)23-10-15(18-12(2)20)16(21)19-5-7-22-8-6-19/h3-4,9,15H,5-8,10H2,1-2H3,(H,18,20). The molecule has 1 fully saturated rings. The molecule has 0 aromatic heterocycles. The van der Waals surface area contributed by atoms with Crippen LogP contribution >= 0.6 is 23.4 Å². The van der Waals surface area contributed by atoms with Crippen LogP contribution in [0.5, 0.6) is 0 Å². The zero-order chi connectivity index (χ0) is 16.8. The number of carbonyl (C=O) groups is 2. The zero-order valence-electron chi connectivity index (χ0n) is 13.3. The molecule has 23 heavy (non-hydrogen) atoms. The fourth-order valence-electron chi connectivity index (χ4n) is 2.27. The van der Waals surface area contributed by atoms with Crippen molar-refractivity contribution in [2.45, 2.75) is 24.8 Å². The van der Waals surface area contributed by atoms with E-state index in [1.165, 1.54) is 18.7 Å². The van der Waals surface area contributed by atoms with Gasteiger partial charge in [-0.15, -0.1) is 11.8 Å². The first-order valence-electron chi connectivity index (χ1n) is 7.50. The van der Waals surface area contributed by atoms with Crippen molar-refractivity contribution in [1.29, 1.82) is 0 Å². The molecule has 1 aliphatic rings. The van der Waals surface area contributed by atoms with Gasteiger partial charge in [0, 0.05) is 35.7 Å². The number of thioether (sulfide) groups is 1.